The number of carbonyl (C=O) groups is 1. The van der Waals surface area contributed by atoms with Crippen molar-refractivity contribution in [1.29, 1.82) is 0 Å². The van der Waals surface area contributed by atoms with E-state index < -0.39 is 0 Å². The van der Waals surface area contributed by atoms with Crippen LogP contribution in [-0.4, -0.2) is 33.8 Å². The third kappa shape index (κ3) is 3.18. The van der Waals surface area contributed by atoms with Crippen molar-refractivity contribution in [3.63, 3.8) is 0 Å². The minimum Gasteiger partial charge on any atom is -0.317 e. The molecule has 1 aliphatic heterocycles. The van der Waals surface area contributed by atoms with Crippen molar-refractivity contribution in [1.82, 2.24) is 20.1 Å². The number of nitrogens with one attached hydrogen (secondary N) is 2. The van der Waals surface area contributed by atoms with E-state index in [-0.39, 0.29) is 17.7 Å². The Kier molecular flexibility index (Phi) is 4.36. The number of benzene rings is 2. The fourth-order valence-corrected chi connectivity index (χ4v) is 4.37. The van der Waals surface area contributed by atoms with Gasteiger partial charge < -0.3 is 5.32 Å². The molecule has 3 aromatic rings. The van der Waals surface area contributed by atoms with Crippen LogP contribution in [0.1, 0.15) is 42.5 Å². The lowest BCUT2D eigenvalue weighted by molar-refractivity contribution is -0.117. The van der Waals surface area contributed by atoms with Gasteiger partial charge in [0.25, 0.3) is 0 Å². The summed E-state index contributed by atoms with van der Waals surface area (Å²) in [5.74, 6) is 2.11. The summed E-state index contributed by atoms with van der Waals surface area (Å²) in [5, 5.41) is 13.4. The maximum atomic E-state index is 12.8. The van der Waals surface area contributed by atoms with Crippen molar-refractivity contribution in [3.8, 4) is 0 Å². The lowest BCUT2D eigenvalue weighted by Gasteiger charge is -2.19. The lowest BCUT2D eigenvalue weighted by Crippen LogP contribution is -2.27. The number of hydrogen-bond acceptors (Lipinski definition) is 4. The molecular weight excluding hydrogens is 350 g/mol. The molecule has 2 heterocycles. The van der Waals surface area contributed by atoms with E-state index in [9.17, 15) is 4.79 Å². The highest BCUT2D eigenvalue weighted by Gasteiger charge is 2.45. The molecule has 1 saturated heterocycles. The molecule has 1 amide bonds. The predicted molar refractivity (Wildman–Crippen MR) is 109 cm³/mol. The zero-order valence-electron chi connectivity index (χ0n) is 16.1. The molecule has 0 radical (unpaired) electrons. The Bertz CT molecular complexity index is 1020. The van der Waals surface area contributed by atoms with Gasteiger partial charge in [-0.15, -0.1) is 0 Å². The van der Waals surface area contributed by atoms with E-state index in [1.807, 2.05) is 7.05 Å². The van der Waals surface area contributed by atoms with Gasteiger partial charge in [0.1, 0.15) is 0 Å². The first-order valence-corrected chi connectivity index (χ1v) is 10.1. The number of rotatable bonds is 4. The highest BCUT2D eigenvalue weighted by Crippen LogP contribution is 2.49. The number of aromatic nitrogens is 3. The van der Waals surface area contributed by atoms with Crippen LogP contribution in [0.4, 0.5) is 5.95 Å². The molecule has 5 rings (SSSR count). The largest absolute Gasteiger partial charge is 0.317 e. The SMILES string of the molecule is Cn1nc(C2CCNCC2)nc1NC(=O)C1CC1c1cccc2ccccc12. The summed E-state index contributed by atoms with van der Waals surface area (Å²) in [6.07, 6.45) is 2.98. The molecule has 0 spiro atoms. The molecule has 0 bridgehead atoms. The van der Waals surface area contributed by atoms with E-state index in [1.54, 1.807) is 4.68 Å². The van der Waals surface area contributed by atoms with Crippen LogP contribution in [0.15, 0.2) is 42.5 Å². The highest BCUT2D eigenvalue weighted by molar-refractivity contribution is 5.95. The molecule has 2 atom stereocenters. The fraction of sp³-hybridized carbons (Fsp3) is 0.409. The Hall–Kier alpha value is -2.73. The highest BCUT2D eigenvalue weighted by atomic mass is 16.2. The second-order valence-electron chi connectivity index (χ2n) is 7.95. The van der Waals surface area contributed by atoms with Crippen LogP contribution in [0.5, 0.6) is 0 Å². The summed E-state index contributed by atoms with van der Waals surface area (Å²) in [7, 11) is 1.85. The van der Waals surface area contributed by atoms with Crippen LogP contribution in [0, 0.1) is 5.92 Å². The number of piperidine rings is 1. The van der Waals surface area contributed by atoms with Gasteiger partial charge in [-0.05, 0) is 54.6 Å². The first-order chi connectivity index (χ1) is 13.7. The van der Waals surface area contributed by atoms with Crippen molar-refractivity contribution in [2.24, 2.45) is 13.0 Å². The summed E-state index contributed by atoms with van der Waals surface area (Å²) in [5.41, 5.74) is 1.27. The molecule has 28 heavy (non-hydrogen) atoms. The monoisotopic (exact) mass is 375 g/mol. The lowest BCUT2D eigenvalue weighted by atomic mass is 9.98. The quantitative estimate of drug-likeness (QED) is 0.735. The molecular formula is C22H25N5O. The average molecular weight is 375 g/mol. The minimum atomic E-state index is 0.00448. The summed E-state index contributed by atoms with van der Waals surface area (Å²) < 4.78 is 1.70. The summed E-state index contributed by atoms with van der Waals surface area (Å²) >= 11 is 0. The van der Waals surface area contributed by atoms with Crippen molar-refractivity contribution in [3.05, 3.63) is 53.9 Å². The Morgan fingerprint density at radius 2 is 1.93 bits per heavy atom. The Balaban J connectivity index is 1.30. The molecule has 6 nitrogen and oxygen atoms in total. The smallest absolute Gasteiger partial charge is 0.230 e. The summed E-state index contributed by atoms with van der Waals surface area (Å²) in [6, 6.07) is 14.7. The molecule has 2 fully saturated rings. The van der Waals surface area contributed by atoms with E-state index in [0.29, 0.717) is 11.9 Å². The molecule has 2 N–H and O–H groups in total. The number of fused-ring (bicyclic) bond motifs is 1. The van der Waals surface area contributed by atoms with Crippen molar-refractivity contribution in [2.75, 3.05) is 18.4 Å². The molecule has 1 aliphatic carbocycles. The summed E-state index contributed by atoms with van der Waals surface area (Å²) in [4.78, 5) is 17.5. The summed E-state index contributed by atoms with van der Waals surface area (Å²) in [6.45, 7) is 2.00. The third-order valence-electron chi connectivity index (χ3n) is 6.07. The van der Waals surface area contributed by atoms with Gasteiger partial charge in [0.2, 0.25) is 11.9 Å². The van der Waals surface area contributed by atoms with Crippen LogP contribution >= 0.6 is 0 Å². The maximum absolute atomic E-state index is 12.8. The van der Waals surface area contributed by atoms with Gasteiger partial charge in [-0.25, -0.2) is 4.68 Å². The van der Waals surface area contributed by atoms with E-state index in [4.69, 9.17) is 0 Å². The van der Waals surface area contributed by atoms with Crippen molar-refractivity contribution >= 4 is 22.6 Å². The van der Waals surface area contributed by atoms with Crippen molar-refractivity contribution in [2.45, 2.75) is 31.1 Å². The first-order valence-electron chi connectivity index (χ1n) is 10.1. The minimum absolute atomic E-state index is 0.00448. The standard InChI is InChI=1S/C22H25N5O/c1-27-22(24-20(26-27)15-9-11-23-12-10-15)25-21(28)19-13-18(19)17-8-4-6-14-5-2-3-7-16(14)17/h2-8,15,18-19,23H,9-13H2,1H3,(H,24,25,26,28). The van der Waals surface area contributed by atoms with Crippen molar-refractivity contribution < 1.29 is 4.79 Å². The van der Waals surface area contributed by atoms with E-state index in [0.717, 1.165) is 38.2 Å². The van der Waals surface area contributed by atoms with Crippen LogP contribution in [0.3, 0.4) is 0 Å². The van der Waals surface area contributed by atoms with Crippen LogP contribution in [-0.2, 0) is 11.8 Å². The van der Waals surface area contributed by atoms with Gasteiger partial charge in [-0.3, -0.25) is 10.1 Å². The zero-order valence-corrected chi connectivity index (χ0v) is 16.1. The Morgan fingerprint density at radius 1 is 1.14 bits per heavy atom. The topological polar surface area (TPSA) is 71.8 Å². The molecule has 1 saturated carbocycles. The van der Waals surface area contributed by atoms with E-state index in [1.165, 1.54) is 16.3 Å². The number of anilines is 1. The second-order valence-corrected chi connectivity index (χ2v) is 7.95. The molecule has 6 heteroatoms. The average Bonchev–Trinajstić information content (AvgIpc) is 3.46. The van der Waals surface area contributed by atoms with Gasteiger partial charge in [0.05, 0.1) is 0 Å². The van der Waals surface area contributed by atoms with Gasteiger partial charge in [0, 0.05) is 18.9 Å². The van der Waals surface area contributed by atoms with E-state index >= 15 is 0 Å². The first kappa shape index (κ1) is 17.4. The van der Waals surface area contributed by atoms with Crippen LogP contribution in [0.25, 0.3) is 10.8 Å². The van der Waals surface area contributed by atoms with E-state index in [2.05, 4.69) is 63.2 Å². The second kappa shape index (κ2) is 7.02. The number of aryl methyl sites for hydroxylation is 1. The molecule has 2 unspecified atom stereocenters. The van der Waals surface area contributed by atoms with Gasteiger partial charge in [0.15, 0.2) is 5.82 Å². The van der Waals surface area contributed by atoms with Gasteiger partial charge in [-0.2, -0.15) is 10.1 Å². The maximum Gasteiger partial charge on any atom is 0.230 e. The molecule has 2 aromatic carbocycles. The molecule has 1 aromatic heterocycles. The zero-order chi connectivity index (χ0) is 19.1. The molecule has 144 valence electrons. The normalized spacial score (nSPS) is 22.3. The number of hydrogen-bond donors (Lipinski definition) is 2. The number of amides is 1. The van der Waals surface area contributed by atoms with Crippen LogP contribution < -0.4 is 10.6 Å². The molecule has 2 aliphatic rings. The Morgan fingerprint density at radius 3 is 2.79 bits per heavy atom. The number of nitrogens with zero attached hydrogens (tertiary/aromatic N) is 3. The fourth-order valence-electron chi connectivity index (χ4n) is 4.37. The predicted octanol–water partition coefficient (Wildman–Crippen LogP) is 3.18. The van der Waals surface area contributed by atoms with Gasteiger partial charge >= 0.3 is 0 Å². The van der Waals surface area contributed by atoms with Crippen LogP contribution in [0.2, 0.25) is 0 Å². The van der Waals surface area contributed by atoms with Gasteiger partial charge in [-0.1, -0.05) is 42.5 Å². The third-order valence-corrected chi connectivity index (χ3v) is 6.07. The Labute approximate surface area is 164 Å². The number of carbonyl (C=O) groups excluding carboxylic acids is 1.